The minimum atomic E-state index is 0. The van der Waals surface area contributed by atoms with Crippen molar-refractivity contribution in [3.8, 4) is 0 Å². The van der Waals surface area contributed by atoms with Gasteiger partial charge < -0.3 is 0 Å². The number of carbonyl (C=O) groups excluding carboxylic acids is 2. The van der Waals surface area contributed by atoms with Crippen LogP contribution in [0.4, 0.5) is 0 Å². The molecule has 0 aromatic heterocycles. The molecule has 4 rings (SSSR count). The first kappa shape index (κ1) is 31.7. The molecule has 0 spiro atoms. The van der Waals surface area contributed by atoms with Crippen molar-refractivity contribution in [2.45, 2.75) is 13.8 Å². The van der Waals surface area contributed by atoms with Crippen molar-refractivity contribution < 1.29 is 43.7 Å². The van der Waals surface area contributed by atoms with E-state index in [0.717, 1.165) is 23.7 Å². The maximum absolute atomic E-state index is 10.5. The molecular weight excluding hydrogens is 484 g/mol. The summed E-state index contributed by atoms with van der Waals surface area (Å²) in [7, 11) is 0. The molecule has 6 heteroatoms. The molecule has 0 aromatic carbocycles. The summed E-state index contributed by atoms with van der Waals surface area (Å²) < 4.78 is 0. The smallest absolute Gasteiger partial charge is 0.299 e. The van der Waals surface area contributed by atoms with Gasteiger partial charge in [-0.05, 0) is 117 Å². The zero-order valence-electron chi connectivity index (χ0n) is 17.8. The molecule has 0 bridgehead atoms. The van der Waals surface area contributed by atoms with E-state index in [-0.39, 0.29) is 45.7 Å². The normalized spacial score (nSPS) is 22.2. The Morgan fingerprint density at radius 1 is 0.531 bits per heavy atom. The van der Waals surface area contributed by atoms with E-state index < -0.39 is 0 Å². The van der Waals surface area contributed by atoms with Gasteiger partial charge in [0.15, 0.2) is 0 Å². The number of Topliss-reactive ketones (excluding diaryl/α,β-unsaturated/α-hetero) is 2. The van der Waals surface area contributed by atoms with Gasteiger partial charge in [-0.25, -0.2) is 0 Å². The van der Waals surface area contributed by atoms with Crippen LogP contribution in [0.3, 0.4) is 0 Å². The second kappa shape index (κ2) is 19.1. The van der Waals surface area contributed by atoms with Gasteiger partial charge in [-0.1, -0.05) is 0 Å². The van der Waals surface area contributed by atoms with Crippen LogP contribution >= 0.6 is 0 Å². The predicted octanol–water partition coefficient (Wildman–Crippen LogP) is 3.81. The van der Waals surface area contributed by atoms with Gasteiger partial charge in [0.1, 0.15) is 11.6 Å². The first-order valence-corrected chi connectivity index (χ1v) is 9.51. The summed E-state index contributed by atoms with van der Waals surface area (Å²) in [5.74, 6) is 4.01. The standard InChI is InChI=1S/C12H10N2.2C7H7O.2Fe/c1-2-6-11(5-1)9-13-14-10-12-7-3-4-8-12;2*1-6(8)7-4-2-3-5-7;;/h1-10H;2*2-5H,1H3;;/q;;;2*+2/b13-9+,14-10+;;;;. The van der Waals surface area contributed by atoms with Crippen molar-refractivity contribution in [2.75, 3.05) is 0 Å². The first-order chi connectivity index (χ1) is 14.6. The fraction of sp³-hybridized carbons (Fsp3) is 0.0769. The van der Waals surface area contributed by atoms with Crippen molar-refractivity contribution in [3.63, 3.8) is 0 Å². The van der Waals surface area contributed by atoms with E-state index in [1.54, 1.807) is 26.3 Å². The molecule has 0 saturated heterocycles. The van der Waals surface area contributed by atoms with Gasteiger partial charge in [0.05, 0.1) is 0 Å². The van der Waals surface area contributed by atoms with E-state index >= 15 is 0 Å². The Morgan fingerprint density at radius 2 is 0.781 bits per heavy atom. The Morgan fingerprint density at radius 3 is 1.00 bits per heavy atom. The summed E-state index contributed by atoms with van der Waals surface area (Å²) >= 11 is 0. The van der Waals surface area contributed by atoms with E-state index in [0.29, 0.717) is 0 Å². The van der Waals surface area contributed by atoms with Crippen LogP contribution < -0.4 is 0 Å². The molecule has 20 radical (unpaired) electrons. The number of ketones is 2. The fourth-order valence-electron chi connectivity index (χ4n) is 2.37. The monoisotopic (exact) mass is 508 g/mol. The number of nitrogens with zero attached hydrogens (tertiary/aromatic N) is 2. The summed E-state index contributed by atoms with van der Waals surface area (Å²) in [4.78, 5) is 21.0. The van der Waals surface area contributed by atoms with Crippen LogP contribution in [0.1, 0.15) is 13.8 Å². The molecule has 4 nitrogen and oxygen atoms in total. The van der Waals surface area contributed by atoms with Crippen molar-refractivity contribution >= 4 is 24.0 Å². The van der Waals surface area contributed by atoms with Crippen LogP contribution in [-0.2, 0) is 43.7 Å². The first-order valence-electron chi connectivity index (χ1n) is 9.51. The van der Waals surface area contributed by atoms with Crippen LogP contribution in [0.5, 0.6) is 0 Å². The molecule has 0 aromatic rings. The molecule has 0 unspecified atom stereocenters. The molecule has 162 valence electrons. The molecule has 4 aliphatic rings. The Kier molecular flexibility index (Phi) is 18.9. The third kappa shape index (κ3) is 13.4. The molecule has 0 atom stereocenters. The molecule has 4 saturated carbocycles. The maximum Gasteiger partial charge on any atom is 2.00 e. The molecule has 0 amide bonds. The SMILES string of the molecule is CC(=O)[C]1[CH][CH][CH][CH]1.CC(=O)[C]1[CH][CH][CH][CH]1.[CH]1[CH][CH][C](/C=N/N=C/[C]2[CH][CH][CH][CH]2)[CH]1.[Fe+2].[Fe+2]. The van der Waals surface area contributed by atoms with E-state index in [9.17, 15) is 9.59 Å². The van der Waals surface area contributed by atoms with Crippen LogP contribution in [-0.4, -0.2) is 24.0 Å². The van der Waals surface area contributed by atoms with Gasteiger partial charge in [-0.15, -0.1) is 0 Å². The molecule has 32 heavy (non-hydrogen) atoms. The average molecular weight is 508 g/mol. The zero-order chi connectivity index (χ0) is 21.6. The third-order valence-electron chi connectivity index (χ3n) is 4.00. The van der Waals surface area contributed by atoms with Crippen LogP contribution in [0, 0.1) is 126 Å². The van der Waals surface area contributed by atoms with Gasteiger partial charge in [-0.2, -0.15) is 10.2 Å². The quantitative estimate of drug-likeness (QED) is 0.323. The van der Waals surface area contributed by atoms with Gasteiger partial charge in [0.25, 0.3) is 0 Å². The molecule has 4 fully saturated rings. The maximum atomic E-state index is 10.5. The number of rotatable bonds is 5. The fourth-order valence-corrected chi connectivity index (χ4v) is 2.37. The summed E-state index contributed by atoms with van der Waals surface area (Å²) in [6, 6.07) is 0. The van der Waals surface area contributed by atoms with Gasteiger partial charge >= 0.3 is 34.1 Å². The van der Waals surface area contributed by atoms with Gasteiger partial charge in [0.2, 0.25) is 0 Å². The molecule has 0 heterocycles. The van der Waals surface area contributed by atoms with Crippen LogP contribution in [0.2, 0.25) is 0 Å². The van der Waals surface area contributed by atoms with Crippen molar-refractivity contribution in [3.05, 3.63) is 126 Å². The minimum absolute atomic E-state index is 0. The Balaban J connectivity index is 0.000000465. The molecule has 0 aliphatic heterocycles. The Hall–Kier alpha value is -0.281. The third-order valence-corrected chi connectivity index (χ3v) is 4.00. The van der Waals surface area contributed by atoms with Crippen molar-refractivity contribution in [1.29, 1.82) is 0 Å². The second-order valence-electron chi connectivity index (χ2n) is 6.39. The van der Waals surface area contributed by atoms with E-state index in [1.807, 2.05) is 103 Å². The molecular formula is C26H24Fe2N2O2+4. The zero-order valence-corrected chi connectivity index (χ0v) is 20.0. The summed E-state index contributed by atoms with van der Waals surface area (Å²) in [5.41, 5.74) is 0. The van der Waals surface area contributed by atoms with Gasteiger partial charge in [-0.3, -0.25) is 9.59 Å². The number of hydrogen-bond donors (Lipinski definition) is 0. The van der Waals surface area contributed by atoms with Crippen molar-refractivity contribution in [1.82, 2.24) is 0 Å². The van der Waals surface area contributed by atoms with E-state index in [1.165, 1.54) is 0 Å². The van der Waals surface area contributed by atoms with E-state index in [2.05, 4.69) is 10.2 Å². The number of carbonyl (C=O) groups is 2. The topological polar surface area (TPSA) is 58.9 Å². The second-order valence-corrected chi connectivity index (χ2v) is 6.39. The molecule has 0 N–H and O–H groups in total. The van der Waals surface area contributed by atoms with Crippen molar-refractivity contribution in [2.24, 2.45) is 10.2 Å². The van der Waals surface area contributed by atoms with Crippen LogP contribution in [0.25, 0.3) is 0 Å². The molecule has 4 aliphatic carbocycles. The van der Waals surface area contributed by atoms with Gasteiger partial charge in [0, 0.05) is 36.1 Å². The minimum Gasteiger partial charge on any atom is -0.299 e. The predicted molar refractivity (Wildman–Crippen MR) is 120 cm³/mol. The summed E-state index contributed by atoms with van der Waals surface area (Å²) in [6.45, 7) is 3.13. The number of hydrogen-bond acceptors (Lipinski definition) is 4. The largest absolute Gasteiger partial charge is 2.00 e. The van der Waals surface area contributed by atoms with Crippen LogP contribution in [0.15, 0.2) is 10.2 Å². The summed E-state index contributed by atoms with van der Waals surface area (Å²) in [6.07, 6.45) is 34.0. The van der Waals surface area contributed by atoms with E-state index in [4.69, 9.17) is 0 Å². The summed E-state index contributed by atoms with van der Waals surface area (Å²) in [5, 5.41) is 7.87. The average Bonchev–Trinajstić information content (AvgIpc) is 3.53. The Bertz CT molecular complexity index is 506. The Labute approximate surface area is 217 Å².